The Balaban J connectivity index is 2.44. The van der Waals surface area contributed by atoms with Crippen molar-refractivity contribution in [1.29, 1.82) is 0 Å². The molecule has 1 heterocycles. The van der Waals surface area contributed by atoms with Gasteiger partial charge in [0.15, 0.2) is 0 Å². The summed E-state index contributed by atoms with van der Waals surface area (Å²) in [5.41, 5.74) is -0.407. The topological polar surface area (TPSA) is 38.3 Å². The van der Waals surface area contributed by atoms with Gasteiger partial charge in [0.25, 0.3) is 0 Å². The molecule has 0 spiro atoms. The molecule has 1 aliphatic heterocycles. The first-order valence-electron chi connectivity index (χ1n) is 4.11. The molecule has 0 radical (unpaired) electrons. The van der Waals surface area contributed by atoms with E-state index in [9.17, 15) is 4.79 Å². The number of carbonyl (C=O) groups is 1. The van der Waals surface area contributed by atoms with Gasteiger partial charge in [-0.05, 0) is 19.9 Å². The molecule has 0 aromatic heterocycles. The minimum Gasteiger partial charge on any atom is -0.464 e. The van der Waals surface area contributed by atoms with Crippen LogP contribution in [-0.2, 0) is 9.53 Å². The van der Waals surface area contributed by atoms with E-state index in [2.05, 4.69) is 12.2 Å². The molecule has 0 amide bonds. The van der Waals surface area contributed by atoms with Crippen LogP contribution in [0.4, 0.5) is 0 Å². The quantitative estimate of drug-likeness (QED) is 0.612. The molecule has 0 bridgehead atoms. The van der Waals surface area contributed by atoms with Crippen LogP contribution in [0.1, 0.15) is 26.7 Å². The lowest BCUT2D eigenvalue weighted by Gasteiger charge is -2.19. The van der Waals surface area contributed by atoms with Crippen LogP contribution in [0.15, 0.2) is 0 Å². The Morgan fingerprint density at radius 1 is 1.73 bits per heavy atom. The van der Waals surface area contributed by atoms with E-state index in [1.807, 2.05) is 6.92 Å². The summed E-state index contributed by atoms with van der Waals surface area (Å²) >= 11 is 0. The van der Waals surface area contributed by atoms with Gasteiger partial charge < -0.3 is 10.1 Å². The Hall–Kier alpha value is -0.570. The molecule has 1 unspecified atom stereocenters. The standard InChI is InChI=1S/C8H15NO2/c1-3-5-9-8(2)4-6-11-7(8)10/h9H,3-6H2,1-2H3. The molecule has 0 aromatic rings. The van der Waals surface area contributed by atoms with Crippen LogP contribution < -0.4 is 5.32 Å². The SMILES string of the molecule is CCCNC1(C)CCOC1=O. The van der Waals surface area contributed by atoms with Crippen LogP contribution in [-0.4, -0.2) is 24.7 Å². The maximum atomic E-state index is 11.1. The number of carbonyl (C=O) groups excluding carboxylic acids is 1. The van der Waals surface area contributed by atoms with E-state index in [1.54, 1.807) is 0 Å². The van der Waals surface area contributed by atoms with Crippen molar-refractivity contribution in [3.05, 3.63) is 0 Å². The van der Waals surface area contributed by atoms with E-state index in [4.69, 9.17) is 4.74 Å². The summed E-state index contributed by atoms with van der Waals surface area (Å²) in [5, 5.41) is 3.18. The van der Waals surface area contributed by atoms with Crippen LogP contribution in [0.5, 0.6) is 0 Å². The first kappa shape index (κ1) is 8.53. The van der Waals surface area contributed by atoms with Crippen LogP contribution in [0.2, 0.25) is 0 Å². The zero-order valence-corrected chi connectivity index (χ0v) is 7.14. The monoisotopic (exact) mass is 157 g/mol. The first-order chi connectivity index (χ1) is 5.19. The van der Waals surface area contributed by atoms with E-state index in [0.29, 0.717) is 6.61 Å². The molecule has 1 N–H and O–H groups in total. The fraction of sp³-hybridized carbons (Fsp3) is 0.875. The zero-order valence-electron chi connectivity index (χ0n) is 7.14. The average Bonchev–Trinajstić information content (AvgIpc) is 2.30. The number of nitrogens with one attached hydrogen (secondary N) is 1. The number of ether oxygens (including phenoxy) is 1. The first-order valence-corrected chi connectivity index (χ1v) is 4.11. The van der Waals surface area contributed by atoms with E-state index in [1.165, 1.54) is 0 Å². The fourth-order valence-corrected chi connectivity index (χ4v) is 1.17. The van der Waals surface area contributed by atoms with Gasteiger partial charge in [-0.2, -0.15) is 0 Å². The third-order valence-electron chi connectivity index (χ3n) is 2.05. The van der Waals surface area contributed by atoms with Gasteiger partial charge in [0, 0.05) is 6.42 Å². The molecule has 1 rings (SSSR count). The molecule has 1 fully saturated rings. The van der Waals surface area contributed by atoms with Crippen molar-refractivity contribution >= 4 is 5.97 Å². The molecule has 1 atom stereocenters. The van der Waals surface area contributed by atoms with Gasteiger partial charge in [-0.15, -0.1) is 0 Å². The van der Waals surface area contributed by atoms with Gasteiger partial charge in [-0.1, -0.05) is 6.92 Å². The molecular weight excluding hydrogens is 142 g/mol. The van der Waals surface area contributed by atoms with Crippen molar-refractivity contribution < 1.29 is 9.53 Å². The van der Waals surface area contributed by atoms with E-state index in [0.717, 1.165) is 19.4 Å². The van der Waals surface area contributed by atoms with Crippen LogP contribution in [0, 0.1) is 0 Å². The lowest BCUT2D eigenvalue weighted by molar-refractivity contribution is -0.142. The second-order valence-corrected chi connectivity index (χ2v) is 3.14. The van der Waals surface area contributed by atoms with Crippen LogP contribution in [0.3, 0.4) is 0 Å². The highest BCUT2D eigenvalue weighted by Crippen LogP contribution is 2.18. The van der Waals surface area contributed by atoms with Crippen molar-refractivity contribution in [2.45, 2.75) is 32.2 Å². The molecule has 0 aliphatic carbocycles. The summed E-state index contributed by atoms with van der Waals surface area (Å²) in [6.07, 6.45) is 1.84. The third kappa shape index (κ3) is 1.71. The second-order valence-electron chi connectivity index (χ2n) is 3.14. The number of rotatable bonds is 3. The van der Waals surface area contributed by atoms with Gasteiger partial charge >= 0.3 is 5.97 Å². The van der Waals surface area contributed by atoms with Crippen molar-refractivity contribution in [3.63, 3.8) is 0 Å². The Morgan fingerprint density at radius 2 is 2.45 bits per heavy atom. The van der Waals surface area contributed by atoms with Gasteiger partial charge in [0.05, 0.1) is 6.61 Å². The highest BCUT2D eigenvalue weighted by molar-refractivity contribution is 5.82. The van der Waals surface area contributed by atoms with Gasteiger partial charge in [0.2, 0.25) is 0 Å². The average molecular weight is 157 g/mol. The van der Waals surface area contributed by atoms with E-state index < -0.39 is 5.54 Å². The summed E-state index contributed by atoms with van der Waals surface area (Å²) in [6.45, 7) is 5.42. The molecule has 0 saturated carbocycles. The van der Waals surface area contributed by atoms with Crippen molar-refractivity contribution in [2.75, 3.05) is 13.2 Å². The number of hydrogen-bond acceptors (Lipinski definition) is 3. The lowest BCUT2D eigenvalue weighted by atomic mass is 10.0. The molecule has 1 aliphatic rings. The Bertz CT molecular complexity index is 158. The fourth-order valence-electron chi connectivity index (χ4n) is 1.17. The Morgan fingerprint density at radius 3 is 2.91 bits per heavy atom. The summed E-state index contributed by atoms with van der Waals surface area (Å²) in [6, 6.07) is 0. The summed E-state index contributed by atoms with van der Waals surface area (Å²) < 4.78 is 4.86. The number of hydrogen-bond donors (Lipinski definition) is 1. The largest absolute Gasteiger partial charge is 0.464 e. The van der Waals surface area contributed by atoms with Gasteiger partial charge in [0.1, 0.15) is 5.54 Å². The minimum absolute atomic E-state index is 0.106. The predicted molar refractivity (Wildman–Crippen MR) is 42.3 cm³/mol. The van der Waals surface area contributed by atoms with Crippen molar-refractivity contribution in [1.82, 2.24) is 5.32 Å². The smallest absolute Gasteiger partial charge is 0.326 e. The summed E-state index contributed by atoms with van der Waals surface area (Å²) in [4.78, 5) is 11.1. The normalized spacial score (nSPS) is 30.5. The maximum Gasteiger partial charge on any atom is 0.326 e. The third-order valence-corrected chi connectivity index (χ3v) is 2.05. The van der Waals surface area contributed by atoms with Crippen LogP contribution >= 0.6 is 0 Å². The lowest BCUT2D eigenvalue weighted by Crippen LogP contribution is -2.46. The molecule has 11 heavy (non-hydrogen) atoms. The number of esters is 1. The Labute approximate surface area is 67.1 Å². The second kappa shape index (κ2) is 3.22. The van der Waals surface area contributed by atoms with Crippen molar-refractivity contribution in [2.24, 2.45) is 0 Å². The minimum atomic E-state index is -0.407. The van der Waals surface area contributed by atoms with Gasteiger partial charge in [-0.25, -0.2) is 0 Å². The molecule has 3 nitrogen and oxygen atoms in total. The van der Waals surface area contributed by atoms with E-state index >= 15 is 0 Å². The van der Waals surface area contributed by atoms with Crippen molar-refractivity contribution in [3.8, 4) is 0 Å². The number of cyclic esters (lactones) is 1. The van der Waals surface area contributed by atoms with Gasteiger partial charge in [-0.3, -0.25) is 4.79 Å². The molecule has 1 saturated heterocycles. The molecule has 3 heteroatoms. The predicted octanol–water partition coefficient (Wildman–Crippen LogP) is 0.692. The molecule has 0 aromatic carbocycles. The summed E-state index contributed by atoms with van der Waals surface area (Å²) in [7, 11) is 0. The highest BCUT2D eigenvalue weighted by Gasteiger charge is 2.38. The maximum absolute atomic E-state index is 11.1. The Kier molecular flexibility index (Phi) is 2.49. The highest BCUT2D eigenvalue weighted by atomic mass is 16.5. The van der Waals surface area contributed by atoms with Crippen LogP contribution in [0.25, 0.3) is 0 Å². The molecule has 64 valence electrons. The zero-order chi connectivity index (χ0) is 8.32. The summed E-state index contributed by atoms with van der Waals surface area (Å²) in [5.74, 6) is -0.106. The van der Waals surface area contributed by atoms with E-state index in [-0.39, 0.29) is 5.97 Å². The molecular formula is C8H15NO2.